The molecular weight excluding hydrogens is 376 g/mol. The minimum Gasteiger partial charge on any atom is -0.460 e. The van der Waals surface area contributed by atoms with Gasteiger partial charge in [0.1, 0.15) is 11.2 Å². The summed E-state index contributed by atoms with van der Waals surface area (Å²) in [6.45, 7) is 3.71. The summed E-state index contributed by atoms with van der Waals surface area (Å²) in [6, 6.07) is 1.58. The fourth-order valence-electron chi connectivity index (χ4n) is 3.19. The molecule has 1 aliphatic rings. The van der Waals surface area contributed by atoms with Crippen molar-refractivity contribution in [2.24, 2.45) is 0 Å². The van der Waals surface area contributed by atoms with Gasteiger partial charge in [-0.05, 0) is 38.0 Å². The number of hydrogen-bond donors (Lipinski definition) is 2. The number of nitrogens with zero attached hydrogens (tertiary/aromatic N) is 4. The van der Waals surface area contributed by atoms with Crippen molar-refractivity contribution in [1.82, 2.24) is 30.1 Å². The summed E-state index contributed by atoms with van der Waals surface area (Å²) in [4.78, 5) is 30.7. The lowest BCUT2D eigenvalue weighted by molar-refractivity contribution is 0.0508. The molecule has 0 aromatic carbocycles. The molecule has 4 rings (SSSR count). The number of aromatic nitrogens is 5. The molecule has 0 radical (unpaired) electrons. The van der Waals surface area contributed by atoms with Gasteiger partial charge in [-0.3, -0.25) is 4.79 Å². The number of carbonyl (C=O) groups is 1. The molecule has 0 bridgehead atoms. The van der Waals surface area contributed by atoms with Crippen molar-refractivity contribution < 1.29 is 14.1 Å². The van der Waals surface area contributed by atoms with Gasteiger partial charge in [0.25, 0.3) is 17.3 Å². The van der Waals surface area contributed by atoms with E-state index in [1.807, 2.05) is 0 Å². The van der Waals surface area contributed by atoms with Crippen molar-refractivity contribution in [1.29, 1.82) is 0 Å². The van der Waals surface area contributed by atoms with Crippen LogP contribution in [0, 0.1) is 0 Å². The number of halogens is 1. The molecule has 27 heavy (non-hydrogen) atoms. The fourth-order valence-corrected chi connectivity index (χ4v) is 3.19. The van der Waals surface area contributed by atoms with Crippen molar-refractivity contribution >= 4 is 24.0 Å². The average molecular weight is 395 g/mol. The Hall–Kier alpha value is -2.72. The molecule has 0 amide bonds. The van der Waals surface area contributed by atoms with Crippen molar-refractivity contribution in [2.45, 2.75) is 25.7 Å². The summed E-state index contributed by atoms with van der Waals surface area (Å²) in [6.07, 6.45) is 3.40. The second-order valence-corrected chi connectivity index (χ2v) is 6.04. The van der Waals surface area contributed by atoms with Gasteiger partial charge in [0.05, 0.1) is 18.5 Å². The first-order chi connectivity index (χ1) is 12.7. The summed E-state index contributed by atoms with van der Waals surface area (Å²) in [5, 5.41) is 11.3. The highest BCUT2D eigenvalue weighted by Gasteiger charge is 2.23. The topological polar surface area (TPSA) is 127 Å². The van der Waals surface area contributed by atoms with E-state index in [4.69, 9.17) is 9.26 Å². The zero-order valence-electron chi connectivity index (χ0n) is 14.6. The Kier molecular flexibility index (Phi) is 5.57. The molecule has 0 spiro atoms. The molecule has 1 aliphatic heterocycles. The average Bonchev–Trinajstić information content (AvgIpc) is 3.28. The number of carbonyl (C=O) groups excluding carboxylic acids is 1. The number of rotatable bonds is 4. The maximum atomic E-state index is 12.2. The number of ether oxygens (including phenoxy) is 1. The molecule has 0 unspecified atom stereocenters. The molecule has 0 aliphatic carbocycles. The lowest BCUT2D eigenvalue weighted by Gasteiger charge is -2.23. The van der Waals surface area contributed by atoms with Crippen LogP contribution in [-0.2, 0) is 4.74 Å². The summed E-state index contributed by atoms with van der Waals surface area (Å²) in [5.74, 6) is -0.492. The van der Waals surface area contributed by atoms with E-state index in [0.717, 1.165) is 31.6 Å². The van der Waals surface area contributed by atoms with Gasteiger partial charge in [-0.25, -0.2) is 9.31 Å². The molecule has 3 aromatic rings. The molecule has 0 saturated carbocycles. The van der Waals surface area contributed by atoms with Crippen LogP contribution < -0.4 is 10.9 Å². The summed E-state index contributed by atoms with van der Waals surface area (Å²) < 4.78 is 11.7. The molecule has 144 valence electrons. The van der Waals surface area contributed by atoms with Crippen LogP contribution in [0.4, 0.5) is 0 Å². The monoisotopic (exact) mass is 394 g/mol. The van der Waals surface area contributed by atoms with E-state index in [1.54, 1.807) is 17.5 Å². The SMILES string of the molecule is CCOC(=O)c1noc(-c2cnn3c(C4CCNCC4)cc(=O)[nH]c23)n1.Cl. The zero-order chi connectivity index (χ0) is 18.1. The molecule has 4 heterocycles. The Labute approximate surface area is 159 Å². The number of hydrogen-bond acceptors (Lipinski definition) is 8. The fraction of sp³-hybridized carbons (Fsp3) is 0.438. The van der Waals surface area contributed by atoms with Gasteiger partial charge in [0, 0.05) is 12.0 Å². The molecule has 1 saturated heterocycles. The van der Waals surface area contributed by atoms with Gasteiger partial charge >= 0.3 is 5.97 Å². The van der Waals surface area contributed by atoms with Crippen LogP contribution in [0.15, 0.2) is 21.6 Å². The first kappa shape index (κ1) is 19.1. The third kappa shape index (κ3) is 3.58. The molecular formula is C16H19ClN6O4. The Balaban J connectivity index is 0.00000210. The number of nitrogens with one attached hydrogen (secondary N) is 2. The number of H-pyrrole nitrogens is 1. The van der Waals surface area contributed by atoms with E-state index in [0.29, 0.717) is 11.2 Å². The second-order valence-electron chi connectivity index (χ2n) is 6.04. The molecule has 3 aromatic heterocycles. The third-order valence-corrected chi connectivity index (χ3v) is 4.41. The van der Waals surface area contributed by atoms with E-state index in [-0.39, 0.29) is 42.2 Å². The van der Waals surface area contributed by atoms with Crippen LogP contribution in [0.25, 0.3) is 17.1 Å². The molecule has 10 nitrogen and oxygen atoms in total. The molecule has 1 fully saturated rings. The number of piperidine rings is 1. The van der Waals surface area contributed by atoms with Crippen LogP contribution in [0.2, 0.25) is 0 Å². The summed E-state index contributed by atoms with van der Waals surface area (Å²) >= 11 is 0. The minimum atomic E-state index is -0.664. The lowest BCUT2D eigenvalue weighted by atomic mass is 9.94. The van der Waals surface area contributed by atoms with E-state index >= 15 is 0 Å². The van der Waals surface area contributed by atoms with Gasteiger partial charge in [-0.15, -0.1) is 12.4 Å². The Bertz CT molecular complexity index is 1000. The maximum absolute atomic E-state index is 12.2. The van der Waals surface area contributed by atoms with Gasteiger partial charge in [0.2, 0.25) is 0 Å². The maximum Gasteiger partial charge on any atom is 0.379 e. The van der Waals surface area contributed by atoms with Crippen molar-refractivity contribution in [3.8, 4) is 11.5 Å². The van der Waals surface area contributed by atoms with E-state index in [1.165, 1.54) is 6.20 Å². The second kappa shape index (κ2) is 7.89. The van der Waals surface area contributed by atoms with E-state index < -0.39 is 5.97 Å². The number of esters is 1. The van der Waals surface area contributed by atoms with Crippen LogP contribution in [0.3, 0.4) is 0 Å². The van der Waals surface area contributed by atoms with Gasteiger partial charge in [-0.1, -0.05) is 0 Å². The Morgan fingerprint density at radius 1 is 1.41 bits per heavy atom. The highest BCUT2D eigenvalue weighted by atomic mass is 35.5. The molecule has 11 heteroatoms. The Morgan fingerprint density at radius 3 is 2.93 bits per heavy atom. The third-order valence-electron chi connectivity index (χ3n) is 4.41. The minimum absolute atomic E-state index is 0. The van der Waals surface area contributed by atoms with Gasteiger partial charge < -0.3 is 19.6 Å². The summed E-state index contributed by atoms with van der Waals surface area (Å²) in [5.41, 5.74) is 1.55. The first-order valence-corrected chi connectivity index (χ1v) is 8.50. The largest absolute Gasteiger partial charge is 0.460 e. The molecule has 0 atom stereocenters. The van der Waals surface area contributed by atoms with Crippen LogP contribution >= 0.6 is 12.4 Å². The normalized spacial score (nSPS) is 14.9. The van der Waals surface area contributed by atoms with Gasteiger partial charge in [-0.2, -0.15) is 10.1 Å². The highest BCUT2D eigenvalue weighted by Crippen LogP contribution is 2.27. The van der Waals surface area contributed by atoms with Crippen LogP contribution in [0.5, 0.6) is 0 Å². The number of fused-ring (bicyclic) bond motifs is 1. The number of aromatic amines is 1. The summed E-state index contributed by atoms with van der Waals surface area (Å²) in [7, 11) is 0. The standard InChI is InChI=1S/C16H18N6O4.ClH/c1-2-25-16(24)13-20-15(26-21-13)10-8-18-22-11(7-12(23)19-14(10)22)9-3-5-17-6-4-9;/h7-9,17H,2-6H2,1H3,(H,19,23);1H. The van der Waals surface area contributed by atoms with Crippen molar-refractivity contribution in [3.05, 3.63) is 34.1 Å². The van der Waals surface area contributed by atoms with Gasteiger partial charge in [0.15, 0.2) is 0 Å². The highest BCUT2D eigenvalue weighted by molar-refractivity contribution is 5.86. The lowest BCUT2D eigenvalue weighted by Crippen LogP contribution is -2.28. The van der Waals surface area contributed by atoms with Crippen LogP contribution in [-0.4, -0.2) is 50.4 Å². The van der Waals surface area contributed by atoms with E-state index in [9.17, 15) is 9.59 Å². The predicted octanol–water partition coefficient (Wildman–Crippen LogP) is 1.14. The van der Waals surface area contributed by atoms with E-state index in [2.05, 4.69) is 25.5 Å². The van der Waals surface area contributed by atoms with Crippen molar-refractivity contribution in [3.63, 3.8) is 0 Å². The Morgan fingerprint density at radius 2 is 2.19 bits per heavy atom. The van der Waals surface area contributed by atoms with Crippen LogP contribution in [0.1, 0.15) is 42.0 Å². The molecule has 2 N–H and O–H groups in total. The van der Waals surface area contributed by atoms with Crippen molar-refractivity contribution in [2.75, 3.05) is 19.7 Å². The zero-order valence-corrected chi connectivity index (χ0v) is 15.4. The quantitative estimate of drug-likeness (QED) is 0.630. The first-order valence-electron chi connectivity index (χ1n) is 8.50. The predicted molar refractivity (Wildman–Crippen MR) is 97.2 cm³/mol. The smallest absolute Gasteiger partial charge is 0.379 e.